The molecule has 3 rings (SSSR count). The number of ether oxygens (including phenoxy) is 1. The van der Waals surface area contributed by atoms with E-state index in [0.717, 1.165) is 10.9 Å². The number of benzene rings is 2. The van der Waals surface area contributed by atoms with Crippen molar-refractivity contribution in [3.63, 3.8) is 0 Å². The van der Waals surface area contributed by atoms with E-state index in [2.05, 4.69) is 10.6 Å². The number of rotatable bonds is 9. The lowest BCUT2D eigenvalue weighted by Crippen LogP contribution is -2.29. The van der Waals surface area contributed by atoms with Crippen LogP contribution in [-0.2, 0) is 11.2 Å². The molecule has 2 N–H and O–H groups in total. The highest BCUT2D eigenvalue weighted by molar-refractivity contribution is 5.82. The van der Waals surface area contributed by atoms with E-state index >= 15 is 0 Å². The molecule has 1 heterocycles. The van der Waals surface area contributed by atoms with E-state index in [4.69, 9.17) is 9.15 Å². The second-order valence-corrected chi connectivity index (χ2v) is 6.91. The highest BCUT2D eigenvalue weighted by Crippen LogP contribution is 2.24. The molecule has 0 saturated heterocycles. The van der Waals surface area contributed by atoms with Gasteiger partial charge in [-0.25, -0.2) is 4.79 Å². The predicted molar refractivity (Wildman–Crippen MR) is 117 cm³/mol. The van der Waals surface area contributed by atoms with Crippen molar-refractivity contribution >= 4 is 28.3 Å². The molecule has 31 heavy (non-hydrogen) atoms. The van der Waals surface area contributed by atoms with Crippen molar-refractivity contribution in [2.45, 2.75) is 19.8 Å². The summed E-state index contributed by atoms with van der Waals surface area (Å²) < 4.78 is 10.5. The average Bonchev–Trinajstić information content (AvgIpc) is 2.76. The third-order valence-electron chi connectivity index (χ3n) is 4.96. The van der Waals surface area contributed by atoms with Crippen LogP contribution in [0.5, 0.6) is 5.75 Å². The van der Waals surface area contributed by atoms with E-state index in [1.165, 1.54) is 13.2 Å². The first-order valence-electron chi connectivity index (χ1n) is 9.75. The molecule has 9 nitrogen and oxygen atoms in total. The number of fused-ring (bicyclic) bond motifs is 1. The second kappa shape index (κ2) is 9.75. The van der Waals surface area contributed by atoms with E-state index in [0.29, 0.717) is 29.1 Å². The molecule has 0 fully saturated rings. The zero-order chi connectivity index (χ0) is 22.4. The van der Waals surface area contributed by atoms with Crippen molar-refractivity contribution in [3.05, 3.63) is 74.1 Å². The number of anilines is 1. The molecule has 0 aliphatic rings. The summed E-state index contributed by atoms with van der Waals surface area (Å²) in [6.07, 6.45) is 0.373. The highest BCUT2D eigenvalue weighted by atomic mass is 16.6. The molecule has 1 amide bonds. The Morgan fingerprint density at radius 2 is 1.97 bits per heavy atom. The summed E-state index contributed by atoms with van der Waals surface area (Å²) in [6, 6.07) is 11.6. The normalized spacial score (nSPS) is 10.6. The van der Waals surface area contributed by atoms with Crippen LogP contribution in [0.1, 0.15) is 17.5 Å². The van der Waals surface area contributed by atoms with Crippen LogP contribution in [0.25, 0.3) is 11.0 Å². The van der Waals surface area contributed by atoms with Gasteiger partial charge >= 0.3 is 5.63 Å². The van der Waals surface area contributed by atoms with Gasteiger partial charge in [0.05, 0.1) is 12.0 Å². The molecule has 0 spiro atoms. The van der Waals surface area contributed by atoms with Gasteiger partial charge in [-0.1, -0.05) is 12.1 Å². The van der Waals surface area contributed by atoms with E-state index in [9.17, 15) is 19.7 Å². The SMILES string of the molecule is COc1ccc2c(C)c(CCC(=O)NCCNc3ccccc3[N+](=O)[O-])c(=O)oc2c1. The van der Waals surface area contributed by atoms with Gasteiger partial charge in [0.15, 0.2) is 0 Å². The standard InChI is InChI=1S/C22H23N3O6/c1-14-16-8-7-15(30-2)13-20(16)31-22(27)17(14)9-10-21(26)24-12-11-23-18-5-3-4-6-19(18)25(28)29/h3-8,13,23H,9-12H2,1-2H3,(H,24,26). The van der Waals surface area contributed by atoms with E-state index in [-0.39, 0.29) is 31.0 Å². The minimum Gasteiger partial charge on any atom is -0.497 e. The van der Waals surface area contributed by atoms with Crippen LogP contribution in [-0.4, -0.2) is 31.0 Å². The fourth-order valence-electron chi connectivity index (χ4n) is 3.30. The minimum atomic E-state index is -0.468. The van der Waals surface area contributed by atoms with Gasteiger partial charge in [-0.05, 0) is 37.1 Å². The molecule has 0 saturated carbocycles. The third-order valence-corrected chi connectivity index (χ3v) is 4.96. The molecule has 0 unspecified atom stereocenters. The number of amides is 1. The number of para-hydroxylation sites is 2. The Morgan fingerprint density at radius 3 is 2.71 bits per heavy atom. The van der Waals surface area contributed by atoms with Crippen LogP contribution >= 0.6 is 0 Å². The molecule has 3 aromatic rings. The van der Waals surface area contributed by atoms with Gasteiger partial charge in [-0.2, -0.15) is 0 Å². The number of aryl methyl sites for hydroxylation is 1. The number of hydrogen-bond donors (Lipinski definition) is 2. The number of nitro groups is 1. The van der Waals surface area contributed by atoms with Crippen molar-refractivity contribution in [2.24, 2.45) is 0 Å². The number of nitrogens with one attached hydrogen (secondary N) is 2. The summed E-state index contributed by atoms with van der Waals surface area (Å²) in [7, 11) is 1.54. The first kappa shape index (κ1) is 21.8. The first-order chi connectivity index (χ1) is 14.9. The maximum atomic E-state index is 12.4. The molecule has 1 aromatic heterocycles. The second-order valence-electron chi connectivity index (χ2n) is 6.91. The van der Waals surface area contributed by atoms with Crippen LogP contribution in [0.15, 0.2) is 51.7 Å². The molecular formula is C22H23N3O6. The summed E-state index contributed by atoms with van der Waals surface area (Å²) in [4.78, 5) is 35.1. The Labute approximate surface area is 178 Å². The minimum absolute atomic E-state index is 0.0232. The highest BCUT2D eigenvalue weighted by Gasteiger charge is 2.14. The molecule has 0 aliphatic carbocycles. The monoisotopic (exact) mass is 425 g/mol. The fourth-order valence-corrected chi connectivity index (χ4v) is 3.30. The summed E-state index contributed by atoms with van der Waals surface area (Å²) in [5, 5.41) is 17.5. The Hall–Kier alpha value is -3.88. The van der Waals surface area contributed by atoms with E-state index in [1.807, 2.05) is 13.0 Å². The summed E-state index contributed by atoms with van der Waals surface area (Å²) >= 11 is 0. The van der Waals surface area contributed by atoms with Crippen LogP contribution in [0, 0.1) is 17.0 Å². The maximum absolute atomic E-state index is 12.4. The summed E-state index contributed by atoms with van der Waals surface area (Å²) in [5.41, 5.74) is 1.58. The Kier molecular flexibility index (Phi) is 6.86. The van der Waals surface area contributed by atoms with Crippen molar-refractivity contribution in [1.29, 1.82) is 0 Å². The van der Waals surface area contributed by atoms with Crippen LogP contribution in [0.3, 0.4) is 0 Å². The Balaban J connectivity index is 1.55. The molecule has 0 radical (unpaired) electrons. The van der Waals surface area contributed by atoms with Gasteiger partial charge in [-0.3, -0.25) is 14.9 Å². The smallest absolute Gasteiger partial charge is 0.339 e. The van der Waals surface area contributed by atoms with Gasteiger partial charge in [0.25, 0.3) is 5.69 Å². The van der Waals surface area contributed by atoms with Crippen LogP contribution in [0.2, 0.25) is 0 Å². The quantitative estimate of drug-likeness (QED) is 0.233. The predicted octanol–water partition coefficient (Wildman–Crippen LogP) is 3.18. The molecular weight excluding hydrogens is 402 g/mol. The van der Waals surface area contributed by atoms with Gasteiger partial charge in [-0.15, -0.1) is 0 Å². The summed E-state index contributed by atoms with van der Waals surface area (Å²) in [5.74, 6) is 0.370. The molecule has 9 heteroatoms. The first-order valence-corrected chi connectivity index (χ1v) is 9.75. The third kappa shape index (κ3) is 5.19. The zero-order valence-electron chi connectivity index (χ0n) is 17.3. The van der Waals surface area contributed by atoms with Crippen LogP contribution < -0.4 is 21.0 Å². The number of carbonyl (C=O) groups excluding carboxylic acids is 1. The lowest BCUT2D eigenvalue weighted by atomic mass is 10.0. The van der Waals surface area contributed by atoms with Crippen molar-refractivity contribution < 1.29 is 18.9 Å². The topological polar surface area (TPSA) is 124 Å². The van der Waals surface area contributed by atoms with Crippen LogP contribution in [0.4, 0.5) is 11.4 Å². The molecule has 0 atom stereocenters. The van der Waals surface area contributed by atoms with E-state index < -0.39 is 10.5 Å². The maximum Gasteiger partial charge on any atom is 0.339 e. The molecule has 162 valence electrons. The Morgan fingerprint density at radius 1 is 1.19 bits per heavy atom. The Bertz CT molecular complexity index is 1170. The number of nitro benzene ring substituents is 1. The molecule has 0 bridgehead atoms. The average molecular weight is 425 g/mol. The number of carbonyl (C=O) groups is 1. The number of nitrogens with zero attached hydrogens (tertiary/aromatic N) is 1. The lowest BCUT2D eigenvalue weighted by molar-refractivity contribution is -0.384. The van der Waals surface area contributed by atoms with Gasteiger partial charge < -0.3 is 19.8 Å². The molecule has 0 aliphatic heterocycles. The van der Waals surface area contributed by atoms with Crippen molar-refractivity contribution in [1.82, 2.24) is 5.32 Å². The van der Waals surface area contributed by atoms with E-state index in [1.54, 1.807) is 30.3 Å². The van der Waals surface area contributed by atoms with Crippen molar-refractivity contribution in [3.8, 4) is 5.75 Å². The largest absolute Gasteiger partial charge is 0.497 e. The molecule has 2 aromatic carbocycles. The fraction of sp³-hybridized carbons (Fsp3) is 0.273. The van der Waals surface area contributed by atoms with Crippen molar-refractivity contribution in [2.75, 3.05) is 25.5 Å². The van der Waals surface area contributed by atoms with Gasteiger partial charge in [0.1, 0.15) is 17.0 Å². The zero-order valence-corrected chi connectivity index (χ0v) is 17.3. The van der Waals surface area contributed by atoms with Gasteiger partial charge in [0.2, 0.25) is 5.91 Å². The van der Waals surface area contributed by atoms with Gasteiger partial charge in [0, 0.05) is 42.6 Å². The summed E-state index contributed by atoms with van der Waals surface area (Å²) in [6.45, 7) is 2.45. The lowest BCUT2D eigenvalue weighted by Gasteiger charge is -2.10. The number of methoxy groups -OCH3 is 1. The number of hydrogen-bond acceptors (Lipinski definition) is 7.